The summed E-state index contributed by atoms with van der Waals surface area (Å²) < 4.78 is 0. The highest BCUT2D eigenvalue weighted by atomic mass is 16.6. The molecule has 0 saturated carbocycles. The summed E-state index contributed by atoms with van der Waals surface area (Å²) in [6, 6.07) is 5.38. The third-order valence-corrected chi connectivity index (χ3v) is 4.64. The van der Waals surface area contributed by atoms with Crippen LogP contribution < -0.4 is 10.9 Å². The van der Waals surface area contributed by atoms with Gasteiger partial charge in [0.05, 0.1) is 10.6 Å². The number of aromatic nitrogens is 1. The summed E-state index contributed by atoms with van der Waals surface area (Å²) in [5, 5.41) is 13.4. The lowest BCUT2D eigenvalue weighted by atomic mass is 9.75. The third-order valence-electron chi connectivity index (χ3n) is 4.64. The van der Waals surface area contributed by atoms with Crippen molar-refractivity contribution in [3.8, 4) is 0 Å². The van der Waals surface area contributed by atoms with Crippen LogP contribution in [0.5, 0.6) is 0 Å². The number of carbonyl (C=O) groups is 2. The van der Waals surface area contributed by atoms with Crippen molar-refractivity contribution in [2.24, 2.45) is 5.41 Å². The lowest BCUT2D eigenvalue weighted by molar-refractivity contribution is -0.384. The van der Waals surface area contributed by atoms with Crippen molar-refractivity contribution in [3.63, 3.8) is 0 Å². The second-order valence-electron chi connectivity index (χ2n) is 7.56. The number of non-ortho nitro benzene ring substituents is 1. The molecule has 1 heterocycles. The smallest absolute Gasteiger partial charge is 0.271 e. The number of amides is 1. The first-order chi connectivity index (χ1) is 12.6. The highest BCUT2D eigenvalue weighted by Gasteiger charge is 2.32. The molecular formula is C19H19N3O5. The van der Waals surface area contributed by atoms with E-state index < -0.39 is 16.4 Å². The van der Waals surface area contributed by atoms with Crippen LogP contribution in [-0.2, 0) is 6.42 Å². The Kier molecular flexibility index (Phi) is 4.43. The SMILES string of the molecule is Cc1ccc([N+](=O)[O-])cc1NC(=O)c1cc2c([nH]c1=O)CC(C)(C)CC2=O. The second kappa shape index (κ2) is 6.46. The van der Waals surface area contributed by atoms with Crippen molar-refractivity contribution in [3.05, 3.63) is 67.1 Å². The van der Waals surface area contributed by atoms with E-state index in [2.05, 4.69) is 10.3 Å². The van der Waals surface area contributed by atoms with E-state index in [-0.39, 0.29) is 28.1 Å². The van der Waals surface area contributed by atoms with Crippen molar-refractivity contribution in [1.82, 2.24) is 4.98 Å². The molecule has 0 bridgehead atoms. The Hall–Kier alpha value is -3.29. The summed E-state index contributed by atoms with van der Waals surface area (Å²) in [5.74, 6) is -0.849. The maximum Gasteiger partial charge on any atom is 0.271 e. The predicted octanol–water partition coefficient (Wildman–Crippen LogP) is 3.00. The van der Waals surface area contributed by atoms with Crippen LogP contribution in [0.1, 0.15) is 52.2 Å². The van der Waals surface area contributed by atoms with Crippen LogP contribution in [0.4, 0.5) is 11.4 Å². The Morgan fingerprint density at radius 1 is 1.22 bits per heavy atom. The molecule has 0 fully saturated rings. The van der Waals surface area contributed by atoms with Gasteiger partial charge in [-0.3, -0.25) is 24.5 Å². The monoisotopic (exact) mass is 369 g/mol. The molecule has 0 radical (unpaired) electrons. The molecule has 0 aliphatic heterocycles. The van der Waals surface area contributed by atoms with Gasteiger partial charge in [-0.25, -0.2) is 0 Å². The van der Waals surface area contributed by atoms with E-state index in [1.54, 1.807) is 6.92 Å². The van der Waals surface area contributed by atoms with E-state index in [4.69, 9.17) is 0 Å². The summed E-state index contributed by atoms with van der Waals surface area (Å²) in [6.45, 7) is 5.57. The van der Waals surface area contributed by atoms with Gasteiger partial charge in [-0.1, -0.05) is 19.9 Å². The number of nitro benzene ring substituents is 1. The van der Waals surface area contributed by atoms with E-state index in [1.165, 1.54) is 24.3 Å². The first-order valence-electron chi connectivity index (χ1n) is 8.43. The van der Waals surface area contributed by atoms with Crippen molar-refractivity contribution in [2.75, 3.05) is 5.32 Å². The van der Waals surface area contributed by atoms with Gasteiger partial charge in [-0.15, -0.1) is 0 Å². The highest BCUT2D eigenvalue weighted by Crippen LogP contribution is 2.33. The highest BCUT2D eigenvalue weighted by molar-refractivity contribution is 6.07. The zero-order chi connectivity index (χ0) is 19.9. The maximum atomic E-state index is 12.6. The molecule has 8 heteroatoms. The van der Waals surface area contributed by atoms with Crippen LogP contribution in [0.2, 0.25) is 0 Å². The van der Waals surface area contributed by atoms with Gasteiger partial charge >= 0.3 is 0 Å². The fourth-order valence-corrected chi connectivity index (χ4v) is 3.24. The fourth-order valence-electron chi connectivity index (χ4n) is 3.24. The number of aromatic amines is 1. The first-order valence-corrected chi connectivity index (χ1v) is 8.43. The van der Waals surface area contributed by atoms with Gasteiger partial charge in [0.25, 0.3) is 17.2 Å². The molecule has 1 amide bonds. The molecule has 2 N–H and O–H groups in total. The quantitative estimate of drug-likeness (QED) is 0.636. The normalized spacial score (nSPS) is 15.1. The topological polar surface area (TPSA) is 122 Å². The Balaban J connectivity index is 1.96. The molecule has 1 aliphatic rings. The van der Waals surface area contributed by atoms with E-state index >= 15 is 0 Å². The Morgan fingerprint density at radius 3 is 2.59 bits per heavy atom. The number of nitrogens with one attached hydrogen (secondary N) is 2. The zero-order valence-corrected chi connectivity index (χ0v) is 15.2. The Bertz CT molecular complexity index is 1040. The summed E-state index contributed by atoms with van der Waals surface area (Å²) in [4.78, 5) is 50.3. The van der Waals surface area contributed by atoms with Crippen molar-refractivity contribution in [2.45, 2.75) is 33.6 Å². The van der Waals surface area contributed by atoms with Gasteiger partial charge in [0.2, 0.25) is 0 Å². The minimum atomic E-state index is -0.722. The number of carbonyl (C=O) groups excluding carboxylic acids is 2. The summed E-state index contributed by atoms with van der Waals surface area (Å²) >= 11 is 0. The molecule has 1 aliphatic carbocycles. The van der Waals surface area contributed by atoms with Gasteiger partial charge in [-0.2, -0.15) is 0 Å². The molecule has 0 atom stereocenters. The maximum absolute atomic E-state index is 12.6. The summed E-state index contributed by atoms with van der Waals surface area (Å²) in [5.41, 5.74) is 0.496. The molecule has 1 aromatic carbocycles. The number of fused-ring (bicyclic) bond motifs is 1. The summed E-state index contributed by atoms with van der Waals surface area (Å²) in [6.07, 6.45) is 0.867. The van der Waals surface area contributed by atoms with Gasteiger partial charge in [0, 0.05) is 29.8 Å². The van der Waals surface area contributed by atoms with E-state index in [9.17, 15) is 24.5 Å². The van der Waals surface area contributed by atoms with Gasteiger partial charge in [-0.05, 0) is 30.4 Å². The first kappa shape index (κ1) is 18.5. The number of ketones is 1. The Morgan fingerprint density at radius 2 is 1.93 bits per heavy atom. The van der Waals surface area contributed by atoms with Crippen LogP contribution >= 0.6 is 0 Å². The molecule has 1 aromatic heterocycles. The Labute approximate surface area is 154 Å². The average molecular weight is 369 g/mol. The number of pyridine rings is 1. The number of hydrogen-bond acceptors (Lipinski definition) is 5. The van der Waals surface area contributed by atoms with Gasteiger partial charge < -0.3 is 10.3 Å². The number of benzene rings is 1. The third kappa shape index (κ3) is 3.64. The number of rotatable bonds is 3. The molecule has 0 spiro atoms. The van der Waals surface area contributed by atoms with Crippen LogP contribution in [0.25, 0.3) is 0 Å². The molecule has 2 aromatic rings. The largest absolute Gasteiger partial charge is 0.325 e. The summed E-state index contributed by atoms with van der Waals surface area (Å²) in [7, 11) is 0. The minimum Gasteiger partial charge on any atom is -0.325 e. The fraction of sp³-hybridized carbons (Fsp3) is 0.316. The van der Waals surface area contributed by atoms with Crippen molar-refractivity contribution >= 4 is 23.1 Å². The molecule has 140 valence electrons. The van der Waals surface area contributed by atoms with Gasteiger partial charge in [0.15, 0.2) is 5.78 Å². The molecule has 0 unspecified atom stereocenters. The predicted molar refractivity (Wildman–Crippen MR) is 99.3 cm³/mol. The van der Waals surface area contributed by atoms with E-state index in [0.717, 1.165) is 0 Å². The number of aryl methyl sites for hydroxylation is 1. The van der Waals surface area contributed by atoms with Crippen LogP contribution in [0.15, 0.2) is 29.1 Å². The zero-order valence-electron chi connectivity index (χ0n) is 15.2. The van der Waals surface area contributed by atoms with Crippen molar-refractivity contribution < 1.29 is 14.5 Å². The molecule has 3 rings (SSSR count). The molecule has 0 saturated heterocycles. The van der Waals surface area contributed by atoms with E-state index in [1.807, 2.05) is 13.8 Å². The minimum absolute atomic E-state index is 0.127. The number of nitrogens with zero attached hydrogens (tertiary/aromatic N) is 1. The molecule has 8 nitrogen and oxygen atoms in total. The standard InChI is InChI=1S/C19H19N3O5/c1-10-4-5-11(22(26)27)6-14(10)20-17(24)13-7-12-15(21-18(13)25)8-19(2,3)9-16(12)23/h4-7H,8-9H2,1-3H3,(H,20,24)(H,21,25). The average Bonchev–Trinajstić information content (AvgIpc) is 2.54. The second-order valence-corrected chi connectivity index (χ2v) is 7.56. The van der Waals surface area contributed by atoms with E-state index in [0.29, 0.717) is 29.7 Å². The number of anilines is 1. The van der Waals surface area contributed by atoms with Crippen LogP contribution in [0, 0.1) is 22.5 Å². The van der Waals surface area contributed by atoms with Crippen LogP contribution in [0.3, 0.4) is 0 Å². The number of hydrogen-bond donors (Lipinski definition) is 2. The number of Topliss-reactive ketones (excluding diaryl/α,β-unsaturated/α-hetero) is 1. The number of H-pyrrole nitrogens is 1. The number of nitro groups is 1. The lowest BCUT2D eigenvalue weighted by Crippen LogP contribution is -2.32. The van der Waals surface area contributed by atoms with Gasteiger partial charge in [0.1, 0.15) is 5.56 Å². The molecular weight excluding hydrogens is 350 g/mol. The van der Waals surface area contributed by atoms with Crippen molar-refractivity contribution in [1.29, 1.82) is 0 Å². The lowest BCUT2D eigenvalue weighted by Gasteiger charge is -2.29. The molecule has 27 heavy (non-hydrogen) atoms. The van der Waals surface area contributed by atoms with Crippen LogP contribution in [-0.4, -0.2) is 21.6 Å².